The van der Waals surface area contributed by atoms with E-state index in [9.17, 15) is 4.79 Å². The smallest absolute Gasteiger partial charge is 0.303 e. The molecule has 0 atom stereocenters. The number of hydrogen-bond donors (Lipinski definition) is 1. The van der Waals surface area contributed by atoms with Gasteiger partial charge in [0.15, 0.2) is 4.96 Å². The van der Waals surface area contributed by atoms with Gasteiger partial charge in [-0.2, -0.15) is 0 Å². The zero-order valence-corrected chi connectivity index (χ0v) is 9.25. The molecule has 2 heterocycles. The highest BCUT2D eigenvalue weighted by Gasteiger charge is 2.06. The second kappa shape index (κ2) is 4.02. The molecule has 0 aromatic carbocycles. The Morgan fingerprint density at radius 2 is 2.47 bits per heavy atom. The first-order chi connectivity index (χ1) is 7.16. The minimum Gasteiger partial charge on any atom is -0.481 e. The summed E-state index contributed by atoms with van der Waals surface area (Å²) in [6.07, 6.45) is 3.69. The quantitative estimate of drug-likeness (QED) is 0.865. The average Bonchev–Trinajstić information content (AvgIpc) is 2.65. The average molecular weight is 224 g/mol. The maximum absolute atomic E-state index is 10.4. The number of aromatic nitrogens is 2. The lowest BCUT2D eigenvalue weighted by Crippen LogP contribution is -1.97. The fourth-order valence-corrected chi connectivity index (χ4v) is 2.50. The number of rotatable bonds is 4. The summed E-state index contributed by atoms with van der Waals surface area (Å²) in [5, 5.41) is 10.6. The van der Waals surface area contributed by atoms with E-state index in [4.69, 9.17) is 5.11 Å². The molecule has 0 unspecified atom stereocenters. The van der Waals surface area contributed by atoms with E-state index >= 15 is 0 Å². The zero-order chi connectivity index (χ0) is 10.8. The third kappa shape index (κ3) is 2.18. The van der Waals surface area contributed by atoms with Crippen LogP contribution in [0, 0.1) is 6.92 Å². The van der Waals surface area contributed by atoms with Crippen molar-refractivity contribution in [3.8, 4) is 0 Å². The fourth-order valence-electron chi connectivity index (χ4n) is 1.54. The number of carboxylic acids is 1. The fraction of sp³-hybridized carbons (Fsp3) is 0.400. The summed E-state index contributed by atoms with van der Waals surface area (Å²) in [4.78, 5) is 15.7. The molecule has 0 saturated heterocycles. The van der Waals surface area contributed by atoms with Gasteiger partial charge < -0.3 is 5.11 Å². The standard InChI is InChI=1S/C10H12N2O2S/c1-7-5-12-8(3-2-4-9(13)14)6-15-10(12)11-7/h5-6H,2-4H2,1H3,(H,13,14). The summed E-state index contributed by atoms with van der Waals surface area (Å²) in [5.74, 6) is -0.733. The molecule has 0 amide bonds. The van der Waals surface area contributed by atoms with E-state index in [1.807, 2.05) is 22.9 Å². The van der Waals surface area contributed by atoms with Gasteiger partial charge in [0.25, 0.3) is 0 Å². The lowest BCUT2D eigenvalue weighted by Gasteiger charge is -1.96. The molecular weight excluding hydrogens is 212 g/mol. The highest BCUT2D eigenvalue weighted by atomic mass is 32.1. The third-order valence-corrected chi connectivity index (χ3v) is 3.12. The van der Waals surface area contributed by atoms with Gasteiger partial charge in [0.2, 0.25) is 0 Å². The minimum atomic E-state index is -0.733. The molecule has 0 aliphatic heterocycles. The molecule has 0 radical (unpaired) electrons. The van der Waals surface area contributed by atoms with Crippen LogP contribution in [0.1, 0.15) is 24.2 Å². The number of fused-ring (bicyclic) bond motifs is 1. The van der Waals surface area contributed by atoms with E-state index < -0.39 is 5.97 Å². The molecule has 80 valence electrons. The summed E-state index contributed by atoms with van der Waals surface area (Å²) in [6, 6.07) is 0. The molecule has 0 spiro atoms. The number of carboxylic acid groups (broad SMARTS) is 1. The van der Waals surface area contributed by atoms with E-state index in [1.165, 1.54) is 0 Å². The van der Waals surface area contributed by atoms with Gasteiger partial charge >= 0.3 is 5.97 Å². The Morgan fingerprint density at radius 1 is 1.67 bits per heavy atom. The number of thiazole rings is 1. The van der Waals surface area contributed by atoms with E-state index in [-0.39, 0.29) is 6.42 Å². The Hall–Kier alpha value is -1.36. The molecule has 2 rings (SSSR count). The van der Waals surface area contributed by atoms with Crippen LogP contribution in [0.15, 0.2) is 11.6 Å². The topological polar surface area (TPSA) is 54.6 Å². The Kier molecular flexibility index (Phi) is 2.73. The van der Waals surface area contributed by atoms with Crippen molar-refractivity contribution in [1.29, 1.82) is 0 Å². The van der Waals surface area contributed by atoms with Gasteiger partial charge in [-0.25, -0.2) is 4.98 Å². The van der Waals surface area contributed by atoms with E-state index in [0.717, 1.165) is 22.8 Å². The van der Waals surface area contributed by atoms with E-state index in [1.54, 1.807) is 11.3 Å². The van der Waals surface area contributed by atoms with Gasteiger partial charge in [0.1, 0.15) is 0 Å². The van der Waals surface area contributed by atoms with E-state index in [0.29, 0.717) is 6.42 Å². The number of nitrogens with zero attached hydrogens (tertiary/aromatic N) is 2. The van der Waals surface area contributed by atoms with Crippen molar-refractivity contribution in [2.45, 2.75) is 26.2 Å². The van der Waals surface area contributed by atoms with Crippen LogP contribution in [0.5, 0.6) is 0 Å². The van der Waals surface area contributed by atoms with Gasteiger partial charge in [-0.15, -0.1) is 11.3 Å². The first-order valence-corrected chi connectivity index (χ1v) is 5.68. The molecule has 0 fully saturated rings. The van der Waals surface area contributed by atoms with Crippen LogP contribution in [-0.4, -0.2) is 20.5 Å². The summed E-state index contributed by atoms with van der Waals surface area (Å²) >= 11 is 1.60. The minimum absolute atomic E-state index is 0.227. The Bertz CT molecular complexity index is 487. The highest BCUT2D eigenvalue weighted by molar-refractivity contribution is 7.15. The van der Waals surface area contributed by atoms with Crippen LogP contribution in [0.2, 0.25) is 0 Å². The van der Waals surface area contributed by atoms with Gasteiger partial charge in [-0.05, 0) is 19.8 Å². The van der Waals surface area contributed by atoms with Crippen molar-refractivity contribution < 1.29 is 9.90 Å². The molecule has 2 aromatic heterocycles. The van der Waals surface area contributed by atoms with Crippen LogP contribution >= 0.6 is 11.3 Å². The molecule has 0 bridgehead atoms. The predicted molar refractivity (Wildman–Crippen MR) is 58.4 cm³/mol. The first kappa shape index (κ1) is 10.2. The number of hydrogen-bond acceptors (Lipinski definition) is 3. The highest BCUT2D eigenvalue weighted by Crippen LogP contribution is 2.17. The summed E-state index contributed by atoms with van der Waals surface area (Å²) in [5.41, 5.74) is 2.15. The predicted octanol–water partition coefficient (Wildman–Crippen LogP) is 2.11. The molecule has 0 aliphatic rings. The molecule has 5 heteroatoms. The van der Waals surface area contributed by atoms with Crippen LogP contribution in [0.25, 0.3) is 4.96 Å². The molecule has 4 nitrogen and oxygen atoms in total. The number of imidazole rings is 1. The van der Waals surface area contributed by atoms with Crippen molar-refractivity contribution in [1.82, 2.24) is 9.38 Å². The molecule has 15 heavy (non-hydrogen) atoms. The zero-order valence-electron chi connectivity index (χ0n) is 8.43. The Labute approximate surface area is 91.2 Å². The molecule has 2 aromatic rings. The van der Waals surface area contributed by atoms with Crippen LogP contribution in [0.4, 0.5) is 0 Å². The summed E-state index contributed by atoms with van der Waals surface area (Å²) in [7, 11) is 0. The van der Waals surface area contributed by atoms with Crippen molar-refractivity contribution in [2.24, 2.45) is 0 Å². The van der Waals surface area contributed by atoms with Gasteiger partial charge in [-0.3, -0.25) is 9.20 Å². The van der Waals surface area contributed by atoms with Gasteiger partial charge in [0, 0.05) is 23.7 Å². The maximum Gasteiger partial charge on any atom is 0.303 e. The summed E-state index contributed by atoms with van der Waals surface area (Å²) < 4.78 is 2.04. The van der Waals surface area contributed by atoms with Crippen LogP contribution in [-0.2, 0) is 11.2 Å². The lowest BCUT2D eigenvalue weighted by molar-refractivity contribution is -0.137. The van der Waals surface area contributed by atoms with Crippen LogP contribution < -0.4 is 0 Å². The van der Waals surface area contributed by atoms with Crippen molar-refractivity contribution >= 4 is 22.3 Å². The van der Waals surface area contributed by atoms with Gasteiger partial charge in [-0.1, -0.05) is 0 Å². The third-order valence-electron chi connectivity index (χ3n) is 2.23. The Balaban J connectivity index is 2.10. The normalized spacial score (nSPS) is 11.0. The van der Waals surface area contributed by atoms with Crippen molar-refractivity contribution in [3.05, 3.63) is 23.0 Å². The van der Waals surface area contributed by atoms with Gasteiger partial charge in [0.05, 0.1) is 5.69 Å². The largest absolute Gasteiger partial charge is 0.481 e. The maximum atomic E-state index is 10.4. The SMILES string of the molecule is Cc1cn2c(CCCC(=O)O)csc2n1. The first-order valence-electron chi connectivity index (χ1n) is 4.80. The second-order valence-corrected chi connectivity index (χ2v) is 4.35. The molecular formula is C10H12N2O2S. The number of aryl methyl sites for hydroxylation is 2. The molecule has 0 saturated carbocycles. The van der Waals surface area contributed by atoms with Crippen LogP contribution in [0.3, 0.4) is 0 Å². The van der Waals surface area contributed by atoms with Crippen molar-refractivity contribution in [2.75, 3.05) is 0 Å². The molecule has 1 N–H and O–H groups in total. The Morgan fingerprint density at radius 3 is 3.20 bits per heavy atom. The number of aliphatic carboxylic acids is 1. The summed E-state index contributed by atoms with van der Waals surface area (Å²) in [6.45, 7) is 1.96. The van der Waals surface area contributed by atoms with E-state index in [2.05, 4.69) is 4.98 Å². The number of carbonyl (C=O) groups is 1. The monoisotopic (exact) mass is 224 g/mol. The second-order valence-electron chi connectivity index (χ2n) is 3.51. The lowest BCUT2D eigenvalue weighted by atomic mass is 10.2. The van der Waals surface area contributed by atoms with Crippen molar-refractivity contribution in [3.63, 3.8) is 0 Å². The molecule has 0 aliphatic carbocycles.